The molecule has 2 rings (SSSR count). The summed E-state index contributed by atoms with van der Waals surface area (Å²) in [6.07, 6.45) is 6.41. The molecule has 6 nitrogen and oxygen atoms in total. The van der Waals surface area contributed by atoms with Crippen molar-refractivity contribution >= 4 is 11.7 Å². The highest BCUT2D eigenvalue weighted by molar-refractivity contribution is 6.99. The van der Waals surface area contributed by atoms with E-state index >= 15 is 0 Å². The average molecular weight is 280 g/mol. The van der Waals surface area contributed by atoms with Gasteiger partial charge in [-0.3, -0.25) is 4.68 Å². The van der Waals surface area contributed by atoms with Gasteiger partial charge in [0.2, 0.25) is 0 Å². The smallest absolute Gasteiger partial charge is 0.138 e. The maximum Gasteiger partial charge on any atom is 0.138 e. The topological polar surface area (TPSA) is 68.5 Å². The fourth-order valence-electron chi connectivity index (χ4n) is 1.95. The predicted molar refractivity (Wildman–Crippen MR) is 75.0 cm³/mol. The summed E-state index contributed by atoms with van der Waals surface area (Å²) >= 11 is 1.25. The standard InChI is InChI=1S/C12H20N6S/c1-3-5-13-10(11-8-16-19-17-11)7-12-14-9-15-18(12)6-4-2/h8-10,13H,3-7H2,1-2H3. The lowest BCUT2D eigenvalue weighted by Gasteiger charge is -2.15. The first-order valence-corrected chi connectivity index (χ1v) is 7.45. The fourth-order valence-corrected chi connectivity index (χ4v) is 2.42. The molecule has 0 radical (unpaired) electrons. The number of rotatable bonds is 8. The third-order valence-corrected chi connectivity index (χ3v) is 3.39. The van der Waals surface area contributed by atoms with E-state index in [0.717, 1.165) is 43.9 Å². The maximum atomic E-state index is 4.36. The van der Waals surface area contributed by atoms with Gasteiger partial charge in [0.1, 0.15) is 12.2 Å². The second-order valence-electron chi connectivity index (χ2n) is 4.44. The molecule has 1 unspecified atom stereocenters. The lowest BCUT2D eigenvalue weighted by atomic mass is 10.1. The van der Waals surface area contributed by atoms with E-state index in [2.05, 4.69) is 38.0 Å². The van der Waals surface area contributed by atoms with Gasteiger partial charge in [0.25, 0.3) is 0 Å². The van der Waals surface area contributed by atoms with Crippen molar-refractivity contribution in [1.82, 2.24) is 28.8 Å². The third-order valence-electron chi connectivity index (χ3n) is 2.89. The number of hydrogen-bond donors (Lipinski definition) is 1. The minimum absolute atomic E-state index is 0.165. The Morgan fingerprint density at radius 2 is 2.26 bits per heavy atom. The Kier molecular flexibility index (Phi) is 5.41. The van der Waals surface area contributed by atoms with Crippen molar-refractivity contribution in [2.45, 2.75) is 45.7 Å². The van der Waals surface area contributed by atoms with Crippen molar-refractivity contribution in [3.8, 4) is 0 Å². The molecule has 0 aliphatic heterocycles. The Morgan fingerprint density at radius 3 is 2.95 bits per heavy atom. The summed E-state index contributed by atoms with van der Waals surface area (Å²) in [5.41, 5.74) is 0.990. The van der Waals surface area contributed by atoms with Gasteiger partial charge in [-0.05, 0) is 19.4 Å². The Labute approximate surface area is 117 Å². The average Bonchev–Trinajstić information content (AvgIpc) is 3.06. The molecule has 0 saturated carbocycles. The molecular weight excluding hydrogens is 260 g/mol. The van der Waals surface area contributed by atoms with Crippen LogP contribution in [0.3, 0.4) is 0 Å². The summed E-state index contributed by atoms with van der Waals surface area (Å²) in [6.45, 7) is 6.17. The Balaban J connectivity index is 2.08. The fraction of sp³-hybridized carbons (Fsp3) is 0.667. The van der Waals surface area contributed by atoms with E-state index in [1.165, 1.54) is 11.7 Å². The molecule has 0 saturated heterocycles. The maximum absolute atomic E-state index is 4.36. The van der Waals surface area contributed by atoms with E-state index in [1.807, 2.05) is 10.9 Å². The predicted octanol–water partition coefficient (Wildman–Crippen LogP) is 1.82. The zero-order valence-electron chi connectivity index (χ0n) is 11.4. The van der Waals surface area contributed by atoms with E-state index < -0.39 is 0 Å². The van der Waals surface area contributed by atoms with Crippen LogP contribution in [0.4, 0.5) is 0 Å². The van der Waals surface area contributed by atoms with Crippen molar-refractivity contribution in [2.75, 3.05) is 6.54 Å². The SMILES string of the molecule is CCCNC(Cc1ncnn1CCC)c1cnsn1. The lowest BCUT2D eigenvalue weighted by Crippen LogP contribution is -2.25. The van der Waals surface area contributed by atoms with Crippen LogP contribution in [-0.2, 0) is 13.0 Å². The number of nitrogens with one attached hydrogen (secondary N) is 1. The Morgan fingerprint density at radius 1 is 1.37 bits per heavy atom. The van der Waals surface area contributed by atoms with Crippen LogP contribution in [0, 0.1) is 0 Å². The molecule has 1 atom stereocenters. The number of aromatic nitrogens is 5. The number of nitrogens with zero attached hydrogens (tertiary/aromatic N) is 5. The summed E-state index contributed by atoms with van der Waals surface area (Å²) in [6, 6.07) is 0.165. The van der Waals surface area contributed by atoms with Crippen LogP contribution < -0.4 is 5.32 Å². The molecule has 0 fully saturated rings. The van der Waals surface area contributed by atoms with Gasteiger partial charge in [0, 0.05) is 13.0 Å². The van der Waals surface area contributed by atoms with Crippen LogP contribution in [0.15, 0.2) is 12.5 Å². The minimum Gasteiger partial charge on any atom is -0.308 e. The van der Waals surface area contributed by atoms with Gasteiger partial charge in [-0.15, -0.1) is 0 Å². The van der Waals surface area contributed by atoms with Gasteiger partial charge < -0.3 is 5.32 Å². The van der Waals surface area contributed by atoms with Gasteiger partial charge in [-0.2, -0.15) is 13.8 Å². The van der Waals surface area contributed by atoms with Crippen LogP contribution in [0.2, 0.25) is 0 Å². The van der Waals surface area contributed by atoms with Gasteiger partial charge in [0.05, 0.1) is 29.7 Å². The monoisotopic (exact) mass is 280 g/mol. The summed E-state index contributed by atoms with van der Waals surface area (Å²) in [5, 5.41) is 7.77. The quantitative estimate of drug-likeness (QED) is 0.799. The van der Waals surface area contributed by atoms with E-state index in [1.54, 1.807) is 6.33 Å². The summed E-state index contributed by atoms with van der Waals surface area (Å²) in [4.78, 5) is 4.36. The van der Waals surface area contributed by atoms with Crippen LogP contribution >= 0.6 is 11.7 Å². The van der Waals surface area contributed by atoms with Crippen molar-refractivity contribution in [3.63, 3.8) is 0 Å². The number of hydrogen-bond acceptors (Lipinski definition) is 6. The molecule has 19 heavy (non-hydrogen) atoms. The molecule has 0 amide bonds. The molecule has 2 heterocycles. The highest BCUT2D eigenvalue weighted by Gasteiger charge is 2.17. The second kappa shape index (κ2) is 7.30. The third kappa shape index (κ3) is 3.81. The zero-order chi connectivity index (χ0) is 13.5. The minimum atomic E-state index is 0.165. The van der Waals surface area contributed by atoms with E-state index in [0.29, 0.717) is 0 Å². The van der Waals surface area contributed by atoms with Crippen molar-refractivity contribution in [1.29, 1.82) is 0 Å². The van der Waals surface area contributed by atoms with Crippen molar-refractivity contribution in [3.05, 3.63) is 24.0 Å². The normalized spacial score (nSPS) is 12.7. The lowest BCUT2D eigenvalue weighted by molar-refractivity contribution is 0.482. The zero-order valence-corrected chi connectivity index (χ0v) is 12.2. The molecule has 1 N–H and O–H groups in total. The first-order valence-electron chi connectivity index (χ1n) is 6.72. The summed E-state index contributed by atoms with van der Waals surface area (Å²) in [7, 11) is 0. The highest BCUT2D eigenvalue weighted by atomic mass is 32.1. The molecule has 0 spiro atoms. The van der Waals surface area contributed by atoms with Crippen LogP contribution in [0.25, 0.3) is 0 Å². The van der Waals surface area contributed by atoms with Crippen LogP contribution in [-0.4, -0.2) is 30.1 Å². The second-order valence-corrected chi connectivity index (χ2v) is 5.00. The van der Waals surface area contributed by atoms with Crippen LogP contribution in [0.1, 0.15) is 44.2 Å². The molecule has 0 aliphatic rings. The Hall–Kier alpha value is -1.34. The summed E-state index contributed by atoms with van der Waals surface area (Å²) in [5.74, 6) is 1.00. The van der Waals surface area contributed by atoms with Gasteiger partial charge in [-0.1, -0.05) is 13.8 Å². The van der Waals surface area contributed by atoms with Gasteiger partial charge in [-0.25, -0.2) is 4.98 Å². The first-order chi connectivity index (χ1) is 9.35. The molecule has 2 aromatic rings. The largest absolute Gasteiger partial charge is 0.308 e. The molecule has 0 aliphatic carbocycles. The molecule has 7 heteroatoms. The molecule has 2 aromatic heterocycles. The molecule has 104 valence electrons. The first kappa shape index (κ1) is 14.1. The van der Waals surface area contributed by atoms with E-state index in [9.17, 15) is 0 Å². The Bertz CT molecular complexity index is 466. The van der Waals surface area contributed by atoms with Crippen LogP contribution in [0.5, 0.6) is 0 Å². The molecular formula is C12H20N6S. The van der Waals surface area contributed by atoms with Crippen molar-refractivity contribution < 1.29 is 0 Å². The van der Waals surface area contributed by atoms with E-state index in [-0.39, 0.29) is 6.04 Å². The van der Waals surface area contributed by atoms with E-state index in [4.69, 9.17) is 0 Å². The summed E-state index contributed by atoms with van der Waals surface area (Å²) < 4.78 is 10.4. The number of aryl methyl sites for hydroxylation is 1. The molecule has 0 aromatic carbocycles. The van der Waals surface area contributed by atoms with Gasteiger partial charge in [0.15, 0.2) is 0 Å². The highest BCUT2D eigenvalue weighted by Crippen LogP contribution is 2.16. The molecule has 0 bridgehead atoms. The van der Waals surface area contributed by atoms with Crippen molar-refractivity contribution in [2.24, 2.45) is 0 Å². The van der Waals surface area contributed by atoms with Gasteiger partial charge >= 0.3 is 0 Å².